The summed E-state index contributed by atoms with van der Waals surface area (Å²) in [5.74, 6) is -0.961. The average Bonchev–Trinajstić information content (AvgIpc) is 3.45. The molecule has 2 aliphatic heterocycles. The molecule has 0 unspecified atom stereocenters. The Morgan fingerprint density at radius 1 is 1.16 bits per heavy atom. The first-order valence-electron chi connectivity index (χ1n) is 12.2. The Labute approximate surface area is 215 Å². The van der Waals surface area contributed by atoms with Gasteiger partial charge in [-0.15, -0.1) is 0 Å². The zero-order chi connectivity index (χ0) is 26.7. The van der Waals surface area contributed by atoms with Crippen LogP contribution >= 0.6 is 0 Å². The van der Waals surface area contributed by atoms with Gasteiger partial charge in [0.15, 0.2) is 0 Å². The molecule has 2 aromatic carbocycles. The highest BCUT2D eigenvalue weighted by Crippen LogP contribution is 2.36. The van der Waals surface area contributed by atoms with Crippen LogP contribution in [0.3, 0.4) is 0 Å². The van der Waals surface area contributed by atoms with Crippen molar-refractivity contribution < 1.29 is 23.5 Å². The van der Waals surface area contributed by atoms with Crippen molar-refractivity contribution in [3.63, 3.8) is 0 Å². The van der Waals surface area contributed by atoms with E-state index in [0.717, 1.165) is 5.56 Å². The molecule has 0 bridgehead atoms. The SMILES string of the molecule is CC(C)(C)OC(=O)N1[C@H](C(=O)N[C@H](C#N)Cc2ccc(-c3ccc(C#N)cc3)cc2F)C[C@@H]2COC[C@@H]21. The minimum absolute atomic E-state index is 0.0102. The monoisotopic (exact) mass is 504 g/mol. The molecule has 2 fully saturated rings. The molecule has 2 heterocycles. The van der Waals surface area contributed by atoms with Gasteiger partial charge in [-0.05, 0) is 62.1 Å². The number of ether oxygens (including phenoxy) is 2. The molecule has 4 rings (SSSR count). The molecule has 0 aromatic heterocycles. The first-order chi connectivity index (χ1) is 17.6. The third-order valence-electron chi connectivity index (χ3n) is 6.59. The summed E-state index contributed by atoms with van der Waals surface area (Å²) in [6.07, 6.45) is -0.220. The molecule has 0 spiro atoms. The lowest BCUT2D eigenvalue weighted by atomic mass is 9.99. The summed E-state index contributed by atoms with van der Waals surface area (Å²) >= 11 is 0. The van der Waals surface area contributed by atoms with Crippen molar-refractivity contribution in [1.82, 2.24) is 10.2 Å². The number of likely N-dealkylation sites (tertiary alicyclic amines) is 1. The van der Waals surface area contributed by atoms with Crippen LogP contribution in [0, 0.1) is 34.4 Å². The van der Waals surface area contributed by atoms with Gasteiger partial charge in [0.05, 0.1) is 37.0 Å². The van der Waals surface area contributed by atoms with Crippen LogP contribution < -0.4 is 5.32 Å². The zero-order valence-electron chi connectivity index (χ0n) is 21.0. The topological polar surface area (TPSA) is 115 Å². The van der Waals surface area contributed by atoms with E-state index in [-0.39, 0.29) is 23.9 Å². The molecule has 1 N–H and O–H groups in total. The van der Waals surface area contributed by atoms with Crippen LogP contribution in [0.1, 0.15) is 38.3 Å². The minimum Gasteiger partial charge on any atom is -0.444 e. The maximum Gasteiger partial charge on any atom is 0.411 e. The van der Waals surface area contributed by atoms with Crippen LogP contribution in [0.25, 0.3) is 11.1 Å². The van der Waals surface area contributed by atoms with Gasteiger partial charge in [0.2, 0.25) is 5.91 Å². The highest BCUT2D eigenvalue weighted by atomic mass is 19.1. The molecule has 0 radical (unpaired) electrons. The first kappa shape index (κ1) is 26.1. The molecular formula is C28H29FN4O4. The molecule has 4 atom stereocenters. The summed E-state index contributed by atoms with van der Waals surface area (Å²) in [5, 5.41) is 21.3. The molecule has 0 aliphatic carbocycles. The molecule has 2 saturated heterocycles. The zero-order valence-corrected chi connectivity index (χ0v) is 21.0. The molecule has 2 aliphatic rings. The normalized spacial score (nSPS) is 21.5. The summed E-state index contributed by atoms with van der Waals surface area (Å²) in [7, 11) is 0. The van der Waals surface area contributed by atoms with Crippen LogP contribution in [-0.4, -0.2) is 53.8 Å². The van der Waals surface area contributed by atoms with Crippen LogP contribution in [0.4, 0.5) is 9.18 Å². The van der Waals surface area contributed by atoms with Crippen LogP contribution in [0.2, 0.25) is 0 Å². The molecule has 2 amide bonds. The Balaban J connectivity index is 1.45. The predicted molar refractivity (Wildman–Crippen MR) is 132 cm³/mol. The number of carbonyl (C=O) groups excluding carboxylic acids is 2. The van der Waals surface area contributed by atoms with Crippen molar-refractivity contribution in [2.75, 3.05) is 13.2 Å². The van der Waals surface area contributed by atoms with Crippen molar-refractivity contribution in [2.45, 2.75) is 57.3 Å². The Hall–Kier alpha value is -3.95. The Kier molecular flexibility index (Phi) is 7.47. The molecule has 192 valence electrons. The first-order valence-corrected chi connectivity index (χ1v) is 12.2. The van der Waals surface area contributed by atoms with Crippen molar-refractivity contribution in [3.8, 4) is 23.3 Å². The number of amides is 2. The van der Waals surface area contributed by atoms with E-state index in [1.165, 1.54) is 11.0 Å². The van der Waals surface area contributed by atoms with E-state index in [1.807, 2.05) is 12.1 Å². The van der Waals surface area contributed by atoms with Gasteiger partial charge in [-0.1, -0.05) is 24.3 Å². The number of fused-ring (bicyclic) bond motifs is 1. The maximum atomic E-state index is 14.9. The smallest absolute Gasteiger partial charge is 0.411 e. The molecule has 9 heteroatoms. The van der Waals surface area contributed by atoms with Crippen LogP contribution in [-0.2, 0) is 20.7 Å². The van der Waals surface area contributed by atoms with Crippen molar-refractivity contribution in [2.24, 2.45) is 5.92 Å². The number of nitrogens with zero attached hydrogens (tertiary/aromatic N) is 3. The molecule has 37 heavy (non-hydrogen) atoms. The van der Waals surface area contributed by atoms with E-state index < -0.39 is 35.5 Å². The lowest BCUT2D eigenvalue weighted by Crippen LogP contribution is -2.53. The van der Waals surface area contributed by atoms with Crippen molar-refractivity contribution in [3.05, 3.63) is 59.4 Å². The lowest BCUT2D eigenvalue weighted by Gasteiger charge is -2.31. The molecule has 8 nitrogen and oxygen atoms in total. The Morgan fingerprint density at radius 2 is 1.86 bits per heavy atom. The second-order valence-corrected chi connectivity index (χ2v) is 10.4. The largest absolute Gasteiger partial charge is 0.444 e. The Morgan fingerprint density at radius 3 is 2.49 bits per heavy atom. The quantitative estimate of drug-likeness (QED) is 0.660. The number of hydrogen-bond acceptors (Lipinski definition) is 6. The summed E-state index contributed by atoms with van der Waals surface area (Å²) in [5.41, 5.74) is 1.46. The number of hydrogen-bond donors (Lipinski definition) is 1. The van der Waals surface area contributed by atoms with E-state index in [1.54, 1.807) is 57.2 Å². The number of nitriles is 2. The number of benzene rings is 2. The minimum atomic E-state index is -0.986. The third-order valence-corrected chi connectivity index (χ3v) is 6.59. The maximum absolute atomic E-state index is 14.9. The number of halogens is 1. The van der Waals surface area contributed by atoms with Crippen molar-refractivity contribution in [1.29, 1.82) is 10.5 Å². The number of carbonyl (C=O) groups is 2. The summed E-state index contributed by atoms with van der Waals surface area (Å²) < 4.78 is 26.0. The van der Waals surface area contributed by atoms with Gasteiger partial charge in [0.1, 0.15) is 23.5 Å². The van der Waals surface area contributed by atoms with Gasteiger partial charge in [-0.2, -0.15) is 10.5 Å². The van der Waals surface area contributed by atoms with Gasteiger partial charge in [-0.25, -0.2) is 9.18 Å². The second-order valence-electron chi connectivity index (χ2n) is 10.4. The van der Waals surface area contributed by atoms with Gasteiger partial charge in [0.25, 0.3) is 0 Å². The second kappa shape index (κ2) is 10.6. The predicted octanol–water partition coefficient (Wildman–Crippen LogP) is 3.94. The summed E-state index contributed by atoms with van der Waals surface area (Å²) in [6.45, 7) is 6.04. The number of nitrogens with one attached hydrogen (secondary N) is 1. The van der Waals surface area contributed by atoms with Gasteiger partial charge >= 0.3 is 6.09 Å². The van der Waals surface area contributed by atoms with E-state index in [4.69, 9.17) is 14.7 Å². The highest BCUT2D eigenvalue weighted by molar-refractivity contribution is 5.87. The van der Waals surface area contributed by atoms with Crippen LogP contribution in [0.15, 0.2) is 42.5 Å². The Bertz CT molecular complexity index is 1260. The molecule has 0 saturated carbocycles. The summed E-state index contributed by atoms with van der Waals surface area (Å²) in [6, 6.07) is 13.5. The van der Waals surface area contributed by atoms with Gasteiger partial charge in [-0.3, -0.25) is 9.69 Å². The molecule has 2 aromatic rings. The average molecular weight is 505 g/mol. The van der Waals surface area contributed by atoms with E-state index in [2.05, 4.69) is 5.32 Å². The third kappa shape index (κ3) is 5.90. The fourth-order valence-corrected chi connectivity index (χ4v) is 4.81. The standard InChI is InChI=1S/C28H29FN4O4/c1-28(2,3)37-27(35)33-24(12-21-15-36-16-25(21)33)26(34)32-22(14-31)10-20-9-8-19(11-23(20)29)18-6-4-17(13-30)5-7-18/h4-9,11,21-22,24-25H,10,12,15-16H2,1-3H3,(H,32,34)/t21-,22+,24+,25+/m1/s1. The van der Waals surface area contributed by atoms with Crippen LogP contribution in [0.5, 0.6) is 0 Å². The van der Waals surface area contributed by atoms with E-state index >= 15 is 0 Å². The van der Waals surface area contributed by atoms with E-state index in [9.17, 15) is 19.2 Å². The highest BCUT2D eigenvalue weighted by Gasteiger charge is 2.51. The van der Waals surface area contributed by atoms with Gasteiger partial charge < -0.3 is 14.8 Å². The number of rotatable bonds is 5. The van der Waals surface area contributed by atoms with Gasteiger partial charge in [0, 0.05) is 12.3 Å². The lowest BCUT2D eigenvalue weighted by molar-refractivity contribution is -0.126. The fourth-order valence-electron chi connectivity index (χ4n) is 4.81. The molecular weight excluding hydrogens is 475 g/mol. The van der Waals surface area contributed by atoms with Crippen molar-refractivity contribution >= 4 is 12.0 Å². The summed E-state index contributed by atoms with van der Waals surface area (Å²) in [4.78, 5) is 27.6. The fraction of sp³-hybridized carbons (Fsp3) is 0.429. The van der Waals surface area contributed by atoms with E-state index in [0.29, 0.717) is 30.8 Å².